The first-order chi connectivity index (χ1) is 11.2. The van der Waals surface area contributed by atoms with Crippen molar-refractivity contribution < 1.29 is 9.53 Å². The number of fused-ring (bicyclic) bond motifs is 1. The van der Waals surface area contributed by atoms with Gasteiger partial charge in [0.15, 0.2) is 6.10 Å². The van der Waals surface area contributed by atoms with E-state index in [1.54, 1.807) is 0 Å². The fraction of sp³-hybridized carbons (Fsp3) is 0.0952. The van der Waals surface area contributed by atoms with Crippen LogP contribution in [0.2, 0.25) is 0 Å². The summed E-state index contributed by atoms with van der Waals surface area (Å²) < 4.78 is 5.45. The molecule has 1 unspecified atom stereocenters. The Morgan fingerprint density at radius 1 is 0.913 bits per heavy atom. The molecule has 0 spiro atoms. The Bertz CT molecular complexity index is 880. The van der Waals surface area contributed by atoms with Crippen molar-refractivity contribution in [3.05, 3.63) is 83.9 Å². The lowest BCUT2D eigenvalue weighted by atomic mass is 10.0. The van der Waals surface area contributed by atoms with Crippen LogP contribution in [0.15, 0.2) is 72.8 Å². The third-order valence-electron chi connectivity index (χ3n) is 3.51. The van der Waals surface area contributed by atoms with Crippen LogP contribution in [0.3, 0.4) is 0 Å². The first-order valence-electron chi connectivity index (χ1n) is 7.45. The van der Waals surface area contributed by atoms with Crippen molar-refractivity contribution in [1.82, 2.24) is 0 Å². The number of ether oxygens (including phenoxy) is 1. The van der Waals surface area contributed by atoms with Crippen LogP contribution in [0.25, 0.3) is 10.8 Å². The molecule has 0 aliphatic rings. The molecule has 112 valence electrons. The van der Waals surface area contributed by atoms with Crippen LogP contribution in [-0.2, 0) is 9.53 Å². The van der Waals surface area contributed by atoms with Gasteiger partial charge in [-0.3, -0.25) is 4.79 Å². The highest BCUT2D eigenvalue weighted by Gasteiger charge is 2.14. The van der Waals surface area contributed by atoms with Gasteiger partial charge in [-0.1, -0.05) is 66.6 Å². The highest BCUT2D eigenvalue weighted by molar-refractivity contribution is 5.86. The average Bonchev–Trinajstić information content (AvgIpc) is 2.59. The second-order valence-electron chi connectivity index (χ2n) is 5.19. The quantitative estimate of drug-likeness (QED) is 0.514. The standard InChI is InChI=1S/C21H16O2/c1-16(22)23-21(15-14-17-8-3-2-4-9-17)20-13-7-11-18-10-5-6-12-19(18)20/h2-13,21H,1H3. The number of esters is 1. The molecule has 0 bridgehead atoms. The van der Waals surface area contributed by atoms with Crippen molar-refractivity contribution in [2.75, 3.05) is 0 Å². The van der Waals surface area contributed by atoms with Gasteiger partial charge in [-0.2, -0.15) is 0 Å². The summed E-state index contributed by atoms with van der Waals surface area (Å²) in [6.45, 7) is 1.41. The largest absolute Gasteiger partial charge is 0.444 e. The molecule has 0 saturated carbocycles. The van der Waals surface area contributed by atoms with Crippen LogP contribution in [0.4, 0.5) is 0 Å². The molecular formula is C21H16O2. The molecule has 23 heavy (non-hydrogen) atoms. The minimum Gasteiger partial charge on any atom is -0.444 e. The summed E-state index contributed by atoms with van der Waals surface area (Å²) in [4.78, 5) is 11.5. The van der Waals surface area contributed by atoms with E-state index in [1.807, 2.05) is 72.8 Å². The van der Waals surface area contributed by atoms with Crippen LogP contribution in [0.5, 0.6) is 0 Å². The number of hydrogen-bond donors (Lipinski definition) is 0. The number of carbonyl (C=O) groups is 1. The van der Waals surface area contributed by atoms with E-state index in [2.05, 4.69) is 11.8 Å². The Balaban J connectivity index is 2.05. The average molecular weight is 300 g/mol. The molecule has 0 amide bonds. The number of rotatable bonds is 2. The van der Waals surface area contributed by atoms with Crippen LogP contribution >= 0.6 is 0 Å². The molecule has 0 aromatic heterocycles. The maximum atomic E-state index is 11.5. The third kappa shape index (κ3) is 3.59. The highest BCUT2D eigenvalue weighted by atomic mass is 16.5. The lowest BCUT2D eigenvalue weighted by molar-refractivity contribution is -0.143. The molecule has 0 radical (unpaired) electrons. The second kappa shape index (κ2) is 6.81. The predicted molar refractivity (Wildman–Crippen MR) is 91.8 cm³/mol. The topological polar surface area (TPSA) is 26.3 Å². The molecule has 0 heterocycles. The van der Waals surface area contributed by atoms with E-state index in [0.29, 0.717) is 0 Å². The zero-order valence-electron chi connectivity index (χ0n) is 12.8. The highest BCUT2D eigenvalue weighted by Crippen LogP contribution is 2.26. The van der Waals surface area contributed by atoms with Crippen molar-refractivity contribution in [2.24, 2.45) is 0 Å². The third-order valence-corrected chi connectivity index (χ3v) is 3.51. The summed E-state index contributed by atoms with van der Waals surface area (Å²) in [5.74, 6) is 5.83. The van der Waals surface area contributed by atoms with Gasteiger partial charge in [-0.15, -0.1) is 0 Å². The maximum Gasteiger partial charge on any atom is 0.304 e. The van der Waals surface area contributed by atoms with E-state index in [1.165, 1.54) is 6.92 Å². The Morgan fingerprint density at radius 2 is 1.61 bits per heavy atom. The molecule has 0 fully saturated rings. The van der Waals surface area contributed by atoms with E-state index in [4.69, 9.17) is 4.74 Å². The van der Waals surface area contributed by atoms with Crippen LogP contribution < -0.4 is 0 Å². The van der Waals surface area contributed by atoms with Crippen molar-refractivity contribution in [2.45, 2.75) is 13.0 Å². The van der Waals surface area contributed by atoms with Crippen molar-refractivity contribution in [3.8, 4) is 11.8 Å². The summed E-state index contributed by atoms with van der Waals surface area (Å²) in [7, 11) is 0. The second-order valence-corrected chi connectivity index (χ2v) is 5.19. The SMILES string of the molecule is CC(=O)OC(C#Cc1ccccc1)c1cccc2ccccc12. The summed E-state index contributed by atoms with van der Waals surface area (Å²) >= 11 is 0. The molecule has 0 N–H and O–H groups in total. The molecule has 3 rings (SSSR count). The Hall–Kier alpha value is -3.05. The minimum atomic E-state index is -0.584. The first kappa shape index (κ1) is 14.9. The van der Waals surface area contributed by atoms with Crippen LogP contribution in [0.1, 0.15) is 24.2 Å². The minimum absolute atomic E-state index is 0.342. The zero-order valence-corrected chi connectivity index (χ0v) is 12.8. The molecule has 2 heteroatoms. The molecular weight excluding hydrogens is 284 g/mol. The predicted octanol–water partition coefficient (Wildman–Crippen LogP) is 4.50. The normalized spacial score (nSPS) is 11.3. The number of hydrogen-bond acceptors (Lipinski definition) is 2. The van der Waals surface area contributed by atoms with Crippen molar-refractivity contribution >= 4 is 16.7 Å². The Labute approximate surface area is 135 Å². The Kier molecular flexibility index (Phi) is 4.40. The van der Waals surface area contributed by atoms with Gasteiger partial charge in [-0.05, 0) is 28.8 Å². The number of carbonyl (C=O) groups excluding carboxylic acids is 1. The zero-order chi connectivity index (χ0) is 16.1. The van der Waals surface area contributed by atoms with Crippen molar-refractivity contribution in [1.29, 1.82) is 0 Å². The van der Waals surface area contributed by atoms with E-state index in [9.17, 15) is 4.79 Å². The van der Waals surface area contributed by atoms with E-state index >= 15 is 0 Å². The lowest BCUT2D eigenvalue weighted by Gasteiger charge is -2.14. The molecule has 3 aromatic carbocycles. The van der Waals surface area contributed by atoms with Gasteiger partial charge in [0.25, 0.3) is 0 Å². The van der Waals surface area contributed by atoms with Gasteiger partial charge in [0, 0.05) is 18.1 Å². The molecule has 0 saturated heterocycles. The lowest BCUT2D eigenvalue weighted by Crippen LogP contribution is -2.07. The van der Waals surface area contributed by atoms with Crippen LogP contribution in [0, 0.1) is 11.8 Å². The van der Waals surface area contributed by atoms with E-state index in [0.717, 1.165) is 21.9 Å². The maximum absolute atomic E-state index is 11.5. The summed E-state index contributed by atoms with van der Waals surface area (Å²) in [6.07, 6.45) is -0.584. The van der Waals surface area contributed by atoms with Gasteiger partial charge >= 0.3 is 5.97 Å². The van der Waals surface area contributed by atoms with Crippen LogP contribution in [-0.4, -0.2) is 5.97 Å². The first-order valence-corrected chi connectivity index (χ1v) is 7.45. The number of benzene rings is 3. The van der Waals surface area contributed by atoms with Gasteiger partial charge in [0.05, 0.1) is 0 Å². The molecule has 0 aliphatic heterocycles. The van der Waals surface area contributed by atoms with Crippen molar-refractivity contribution in [3.63, 3.8) is 0 Å². The summed E-state index contributed by atoms with van der Waals surface area (Å²) in [6, 6.07) is 23.6. The molecule has 0 aliphatic carbocycles. The molecule has 3 aromatic rings. The summed E-state index contributed by atoms with van der Waals surface area (Å²) in [5, 5.41) is 2.15. The summed E-state index contributed by atoms with van der Waals surface area (Å²) in [5.41, 5.74) is 1.80. The van der Waals surface area contributed by atoms with E-state index < -0.39 is 6.10 Å². The van der Waals surface area contributed by atoms with E-state index in [-0.39, 0.29) is 5.97 Å². The fourth-order valence-corrected chi connectivity index (χ4v) is 2.49. The van der Waals surface area contributed by atoms with Gasteiger partial charge in [0.1, 0.15) is 0 Å². The Morgan fingerprint density at radius 3 is 2.39 bits per heavy atom. The molecule has 1 atom stereocenters. The monoisotopic (exact) mass is 300 g/mol. The fourth-order valence-electron chi connectivity index (χ4n) is 2.49. The molecule has 2 nitrogen and oxygen atoms in total. The smallest absolute Gasteiger partial charge is 0.304 e. The van der Waals surface area contributed by atoms with Gasteiger partial charge in [-0.25, -0.2) is 0 Å². The van der Waals surface area contributed by atoms with Gasteiger partial charge < -0.3 is 4.74 Å². The van der Waals surface area contributed by atoms with Gasteiger partial charge in [0.2, 0.25) is 0 Å².